The number of hydrogen-bond donors (Lipinski definition) is 0. The Labute approximate surface area is 183 Å². The highest BCUT2D eigenvalue weighted by molar-refractivity contribution is 7.99. The van der Waals surface area contributed by atoms with Crippen LogP contribution in [0, 0.1) is 13.8 Å². The van der Waals surface area contributed by atoms with Crippen molar-refractivity contribution in [2.24, 2.45) is 0 Å². The number of fused-ring (bicyclic) bond motifs is 1. The summed E-state index contributed by atoms with van der Waals surface area (Å²) in [6.07, 6.45) is 0.935. The third-order valence-electron chi connectivity index (χ3n) is 5.46. The number of morpholine rings is 1. The lowest BCUT2D eigenvalue weighted by Gasteiger charge is -2.26. The summed E-state index contributed by atoms with van der Waals surface area (Å²) >= 11 is 2.85. The summed E-state index contributed by atoms with van der Waals surface area (Å²) in [6, 6.07) is 7.97. The first-order valence-corrected chi connectivity index (χ1v) is 11.9. The van der Waals surface area contributed by atoms with E-state index in [-0.39, 0.29) is 17.2 Å². The lowest BCUT2D eigenvalue weighted by atomic mass is 10.1. The van der Waals surface area contributed by atoms with E-state index in [0.717, 1.165) is 27.4 Å². The van der Waals surface area contributed by atoms with E-state index in [0.29, 0.717) is 36.8 Å². The molecule has 0 aliphatic carbocycles. The van der Waals surface area contributed by atoms with Gasteiger partial charge in [0.15, 0.2) is 5.16 Å². The number of thioether (sulfide) groups is 1. The van der Waals surface area contributed by atoms with Gasteiger partial charge in [0.25, 0.3) is 5.56 Å². The van der Waals surface area contributed by atoms with Crippen LogP contribution < -0.4 is 5.56 Å². The number of rotatable bonds is 5. The van der Waals surface area contributed by atoms with E-state index in [1.807, 2.05) is 43.0 Å². The third kappa shape index (κ3) is 4.04. The summed E-state index contributed by atoms with van der Waals surface area (Å²) in [5.41, 5.74) is 2.89. The molecule has 8 heteroatoms. The predicted molar refractivity (Wildman–Crippen MR) is 122 cm³/mol. The average molecular weight is 444 g/mol. The lowest BCUT2D eigenvalue weighted by molar-refractivity contribution is -0.132. The van der Waals surface area contributed by atoms with Crippen LogP contribution >= 0.6 is 23.1 Å². The topological polar surface area (TPSA) is 64.4 Å². The zero-order chi connectivity index (χ0) is 21.3. The van der Waals surface area contributed by atoms with Gasteiger partial charge >= 0.3 is 0 Å². The molecule has 0 atom stereocenters. The number of nitrogens with zero attached hydrogens (tertiary/aromatic N) is 3. The molecule has 0 radical (unpaired) electrons. The molecule has 1 amide bonds. The van der Waals surface area contributed by atoms with Crippen molar-refractivity contribution in [3.05, 3.63) is 50.6 Å². The molecule has 0 saturated carbocycles. The maximum Gasteiger partial charge on any atom is 0.267 e. The van der Waals surface area contributed by atoms with E-state index < -0.39 is 0 Å². The first kappa shape index (κ1) is 21.1. The summed E-state index contributed by atoms with van der Waals surface area (Å²) < 4.78 is 6.98. The molecule has 1 fully saturated rings. The van der Waals surface area contributed by atoms with E-state index in [2.05, 4.69) is 6.92 Å². The number of hydrogen-bond acceptors (Lipinski definition) is 6. The summed E-state index contributed by atoms with van der Waals surface area (Å²) in [4.78, 5) is 34.6. The van der Waals surface area contributed by atoms with Gasteiger partial charge in [0.2, 0.25) is 5.91 Å². The van der Waals surface area contributed by atoms with Crippen molar-refractivity contribution in [1.29, 1.82) is 0 Å². The minimum absolute atomic E-state index is 0.0454. The van der Waals surface area contributed by atoms with Crippen molar-refractivity contribution in [2.45, 2.75) is 32.3 Å². The molecule has 0 N–H and O–H groups in total. The molecule has 4 rings (SSSR count). The summed E-state index contributed by atoms with van der Waals surface area (Å²) in [5.74, 6) is 0.290. The number of benzene rings is 1. The Morgan fingerprint density at radius 2 is 1.90 bits per heavy atom. The molecule has 158 valence electrons. The molecule has 6 nitrogen and oxygen atoms in total. The third-order valence-corrected chi connectivity index (χ3v) is 7.49. The molecular formula is C22H25N3O3S2. The van der Waals surface area contributed by atoms with Crippen molar-refractivity contribution in [1.82, 2.24) is 14.5 Å². The van der Waals surface area contributed by atoms with E-state index in [9.17, 15) is 9.59 Å². The molecule has 0 unspecified atom stereocenters. The van der Waals surface area contributed by atoms with Gasteiger partial charge in [0.1, 0.15) is 4.83 Å². The Hall–Kier alpha value is -2.16. The quantitative estimate of drug-likeness (QED) is 0.446. The number of aromatic nitrogens is 2. The number of ether oxygens (including phenoxy) is 1. The van der Waals surface area contributed by atoms with Gasteiger partial charge in [0, 0.05) is 18.0 Å². The van der Waals surface area contributed by atoms with Crippen molar-refractivity contribution in [3.63, 3.8) is 0 Å². The minimum Gasteiger partial charge on any atom is -0.378 e. The maximum atomic E-state index is 13.5. The number of carbonyl (C=O) groups is 1. The molecule has 0 bridgehead atoms. The summed E-state index contributed by atoms with van der Waals surface area (Å²) in [6.45, 7) is 8.45. The second kappa shape index (κ2) is 8.91. The van der Waals surface area contributed by atoms with Crippen molar-refractivity contribution < 1.29 is 9.53 Å². The zero-order valence-corrected chi connectivity index (χ0v) is 19.1. The second-order valence-corrected chi connectivity index (χ2v) is 9.45. The van der Waals surface area contributed by atoms with Crippen LogP contribution in [-0.2, 0) is 16.0 Å². The molecule has 1 saturated heterocycles. The first-order valence-electron chi connectivity index (χ1n) is 10.1. The van der Waals surface area contributed by atoms with Crippen molar-refractivity contribution in [2.75, 3.05) is 32.1 Å². The summed E-state index contributed by atoms with van der Waals surface area (Å²) in [7, 11) is 0. The zero-order valence-electron chi connectivity index (χ0n) is 17.4. The molecule has 3 heterocycles. The number of aryl methyl sites for hydroxylation is 3. The maximum absolute atomic E-state index is 13.5. The van der Waals surface area contributed by atoms with Crippen LogP contribution in [-0.4, -0.2) is 52.4 Å². The molecule has 2 aromatic heterocycles. The van der Waals surface area contributed by atoms with Crippen LogP contribution in [0.3, 0.4) is 0 Å². The van der Waals surface area contributed by atoms with Gasteiger partial charge in [-0.1, -0.05) is 30.8 Å². The fourth-order valence-electron chi connectivity index (χ4n) is 3.51. The van der Waals surface area contributed by atoms with E-state index in [4.69, 9.17) is 9.72 Å². The van der Waals surface area contributed by atoms with Gasteiger partial charge < -0.3 is 9.64 Å². The highest BCUT2D eigenvalue weighted by atomic mass is 32.2. The lowest BCUT2D eigenvalue weighted by Crippen LogP contribution is -2.41. The number of amides is 1. The first-order chi connectivity index (χ1) is 14.5. The Morgan fingerprint density at radius 3 is 2.57 bits per heavy atom. The van der Waals surface area contributed by atoms with Crippen LogP contribution in [0.15, 0.2) is 34.2 Å². The van der Waals surface area contributed by atoms with Gasteiger partial charge in [-0.05, 0) is 43.5 Å². The molecule has 1 aromatic carbocycles. The largest absolute Gasteiger partial charge is 0.378 e. The van der Waals surface area contributed by atoms with Crippen molar-refractivity contribution in [3.8, 4) is 5.69 Å². The Balaban J connectivity index is 1.74. The van der Waals surface area contributed by atoms with Crippen LogP contribution in [0.25, 0.3) is 15.9 Å². The van der Waals surface area contributed by atoms with E-state index in [1.54, 1.807) is 4.57 Å². The van der Waals surface area contributed by atoms with Crippen LogP contribution in [0.1, 0.15) is 22.9 Å². The summed E-state index contributed by atoms with van der Waals surface area (Å²) in [5, 5.41) is 1.22. The standard InChI is InChI=1S/C22H25N3O3S2/c1-4-16-5-7-17(8-6-16)25-21(27)19-14(2)15(3)30-20(19)23-22(25)29-13-18(26)24-9-11-28-12-10-24/h5-8H,4,9-13H2,1-3H3. The number of thiophene rings is 1. The molecular weight excluding hydrogens is 418 g/mol. The second-order valence-electron chi connectivity index (χ2n) is 7.30. The minimum atomic E-state index is -0.0765. The normalized spacial score (nSPS) is 14.4. The molecule has 1 aliphatic rings. The van der Waals surface area contributed by atoms with Crippen molar-refractivity contribution >= 4 is 39.2 Å². The molecule has 3 aromatic rings. The van der Waals surface area contributed by atoms with E-state index in [1.165, 1.54) is 28.7 Å². The number of carbonyl (C=O) groups excluding carboxylic acids is 1. The fourth-order valence-corrected chi connectivity index (χ4v) is 5.50. The molecule has 1 aliphatic heterocycles. The van der Waals surface area contributed by atoms with Gasteiger partial charge in [0.05, 0.1) is 30.0 Å². The van der Waals surface area contributed by atoms with Gasteiger partial charge in [-0.25, -0.2) is 4.98 Å². The molecule has 0 spiro atoms. The van der Waals surface area contributed by atoms with Crippen LogP contribution in [0.5, 0.6) is 0 Å². The SMILES string of the molecule is CCc1ccc(-n2c(SCC(=O)N3CCOCC3)nc3sc(C)c(C)c3c2=O)cc1. The van der Waals surface area contributed by atoms with E-state index >= 15 is 0 Å². The van der Waals surface area contributed by atoms with Gasteiger partial charge in [-0.3, -0.25) is 14.2 Å². The highest BCUT2D eigenvalue weighted by Crippen LogP contribution is 2.29. The van der Waals surface area contributed by atoms with Gasteiger partial charge in [-0.2, -0.15) is 0 Å². The van der Waals surface area contributed by atoms with Crippen LogP contribution in [0.4, 0.5) is 0 Å². The van der Waals surface area contributed by atoms with Gasteiger partial charge in [-0.15, -0.1) is 11.3 Å². The Kier molecular flexibility index (Phi) is 6.26. The predicted octanol–water partition coefficient (Wildman–Crippen LogP) is 3.58. The van der Waals surface area contributed by atoms with Crippen LogP contribution in [0.2, 0.25) is 0 Å². The Morgan fingerprint density at radius 1 is 1.20 bits per heavy atom. The monoisotopic (exact) mass is 443 g/mol. The molecule has 30 heavy (non-hydrogen) atoms. The highest BCUT2D eigenvalue weighted by Gasteiger charge is 2.21. The Bertz CT molecular complexity index is 1130. The fraction of sp³-hybridized carbons (Fsp3) is 0.409. The average Bonchev–Trinajstić information content (AvgIpc) is 3.06. The smallest absolute Gasteiger partial charge is 0.267 e.